The van der Waals surface area contributed by atoms with E-state index in [1.54, 1.807) is 41.9 Å². The fourth-order valence-corrected chi connectivity index (χ4v) is 3.03. The minimum Gasteiger partial charge on any atom is -0.324 e. The number of hydrogen-bond acceptors (Lipinski definition) is 5. The Morgan fingerprint density at radius 3 is 2.29 bits per heavy atom. The van der Waals surface area contributed by atoms with Crippen molar-refractivity contribution < 1.29 is 9.59 Å². The molecule has 0 aliphatic heterocycles. The molecule has 156 valence electrons. The Kier molecular flexibility index (Phi) is 5.57. The Labute approximate surface area is 178 Å². The van der Waals surface area contributed by atoms with Crippen LogP contribution in [-0.2, 0) is 4.79 Å². The van der Waals surface area contributed by atoms with Gasteiger partial charge in [-0.05, 0) is 56.3 Å². The lowest BCUT2D eigenvalue weighted by molar-refractivity contribution is -0.119. The van der Waals surface area contributed by atoms with Crippen molar-refractivity contribution in [2.75, 3.05) is 10.6 Å². The molecule has 1 atom stereocenters. The number of para-hydroxylation sites is 1. The number of aromatic nitrogens is 5. The second-order valence-corrected chi connectivity index (χ2v) is 6.99. The average Bonchev–Trinajstić information content (AvgIpc) is 3.45. The predicted octanol–water partition coefficient (Wildman–Crippen LogP) is 3.22. The number of nitrogens with zero attached hydrogens (tertiary/aromatic N) is 5. The topological polar surface area (TPSA) is 107 Å². The summed E-state index contributed by atoms with van der Waals surface area (Å²) in [5, 5.41) is 14.0. The molecule has 2 amide bonds. The maximum absolute atomic E-state index is 12.6. The quantitative estimate of drug-likeness (QED) is 0.503. The maximum Gasteiger partial charge on any atom is 0.276 e. The first-order valence-corrected chi connectivity index (χ1v) is 9.70. The molecule has 0 aliphatic rings. The van der Waals surface area contributed by atoms with Gasteiger partial charge >= 0.3 is 0 Å². The number of anilines is 2. The van der Waals surface area contributed by atoms with Gasteiger partial charge in [-0.2, -0.15) is 10.2 Å². The zero-order valence-electron chi connectivity index (χ0n) is 17.1. The van der Waals surface area contributed by atoms with Crippen LogP contribution in [-0.4, -0.2) is 36.4 Å². The zero-order valence-corrected chi connectivity index (χ0v) is 17.1. The van der Waals surface area contributed by atoms with Gasteiger partial charge in [0.1, 0.15) is 18.7 Å². The van der Waals surface area contributed by atoms with Crippen LogP contribution < -0.4 is 10.6 Å². The summed E-state index contributed by atoms with van der Waals surface area (Å²) in [4.78, 5) is 28.8. The first-order valence-electron chi connectivity index (χ1n) is 9.70. The van der Waals surface area contributed by atoms with Crippen LogP contribution in [0.2, 0.25) is 0 Å². The summed E-state index contributed by atoms with van der Waals surface area (Å²) in [7, 11) is 0. The molecule has 2 heterocycles. The molecule has 0 aliphatic carbocycles. The third kappa shape index (κ3) is 4.50. The van der Waals surface area contributed by atoms with Gasteiger partial charge in [0.2, 0.25) is 5.91 Å². The summed E-state index contributed by atoms with van der Waals surface area (Å²) in [5.74, 6) is -0.529. The molecule has 0 bridgehead atoms. The molecule has 2 aromatic heterocycles. The number of amides is 2. The minimum absolute atomic E-state index is 0.218. The lowest BCUT2D eigenvalue weighted by Gasteiger charge is -2.12. The Bertz CT molecular complexity index is 1180. The van der Waals surface area contributed by atoms with Crippen molar-refractivity contribution in [3.63, 3.8) is 0 Å². The number of rotatable bonds is 6. The molecule has 1 unspecified atom stereocenters. The second-order valence-electron chi connectivity index (χ2n) is 6.99. The van der Waals surface area contributed by atoms with Crippen LogP contribution >= 0.6 is 0 Å². The largest absolute Gasteiger partial charge is 0.324 e. The fourth-order valence-electron chi connectivity index (χ4n) is 3.03. The van der Waals surface area contributed by atoms with Gasteiger partial charge in [-0.25, -0.2) is 14.3 Å². The van der Waals surface area contributed by atoms with Gasteiger partial charge in [-0.1, -0.05) is 18.2 Å². The Balaban J connectivity index is 1.40. The maximum atomic E-state index is 12.6. The summed E-state index contributed by atoms with van der Waals surface area (Å²) < 4.78 is 3.20. The number of aryl methyl sites for hydroxylation is 1. The smallest absolute Gasteiger partial charge is 0.276 e. The molecule has 0 spiro atoms. The van der Waals surface area contributed by atoms with Gasteiger partial charge in [-0.15, -0.1) is 0 Å². The van der Waals surface area contributed by atoms with E-state index in [1.807, 2.05) is 37.3 Å². The van der Waals surface area contributed by atoms with Crippen molar-refractivity contribution in [1.82, 2.24) is 24.5 Å². The lowest BCUT2D eigenvalue weighted by atomic mass is 10.2. The van der Waals surface area contributed by atoms with Gasteiger partial charge in [-0.3, -0.25) is 9.59 Å². The van der Waals surface area contributed by atoms with Crippen LogP contribution in [0.15, 0.2) is 73.3 Å². The van der Waals surface area contributed by atoms with Crippen LogP contribution in [0.4, 0.5) is 11.4 Å². The number of hydrogen-bond donors (Lipinski definition) is 2. The average molecular weight is 415 g/mol. The predicted molar refractivity (Wildman–Crippen MR) is 116 cm³/mol. The van der Waals surface area contributed by atoms with Gasteiger partial charge in [0.15, 0.2) is 5.69 Å². The first kappa shape index (κ1) is 20.0. The SMILES string of the molecule is Cc1cc(C(=O)Nc2ccc(NC(=O)C(C)n3cncn3)cc2)nn1-c1ccccc1. The summed E-state index contributed by atoms with van der Waals surface area (Å²) >= 11 is 0. The van der Waals surface area contributed by atoms with E-state index in [0.29, 0.717) is 17.1 Å². The molecular weight excluding hydrogens is 394 g/mol. The number of nitrogens with one attached hydrogen (secondary N) is 2. The molecule has 0 saturated carbocycles. The molecule has 2 N–H and O–H groups in total. The van der Waals surface area contributed by atoms with Crippen molar-refractivity contribution in [2.24, 2.45) is 0 Å². The van der Waals surface area contributed by atoms with E-state index in [2.05, 4.69) is 25.8 Å². The Morgan fingerprint density at radius 1 is 0.968 bits per heavy atom. The van der Waals surface area contributed by atoms with Gasteiger partial charge in [0, 0.05) is 17.1 Å². The van der Waals surface area contributed by atoms with Crippen molar-refractivity contribution in [2.45, 2.75) is 19.9 Å². The Morgan fingerprint density at radius 2 is 1.65 bits per heavy atom. The fraction of sp³-hybridized carbons (Fsp3) is 0.136. The van der Waals surface area contributed by atoms with E-state index in [1.165, 1.54) is 17.3 Å². The number of carbonyl (C=O) groups is 2. The van der Waals surface area contributed by atoms with E-state index in [0.717, 1.165) is 11.4 Å². The highest BCUT2D eigenvalue weighted by atomic mass is 16.2. The molecule has 9 heteroatoms. The van der Waals surface area contributed by atoms with Crippen LogP contribution in [0.1, 0.15) is 29.1 Å². The summed E-state index contributed by atoms with van der Waals surface area (Å²) in [6.45, 7) is 3.63. The van der Waals surface area contributed by atoms with Crippen molar-refractivity contribution >= 4 is 23.2 Å². The van der Waals surface area contributed by atoms with Gasteiger partial charge in [0.25, 0.3) is 5.91 Å². The van der Waals surface area contributed by atoms with Crippen LogP contribution in [0.3, 0.4) is 0 Å². The molecule has 0 fully saturated rings. The van der Waals surface area contributed by atoms with E-state index in [9.17, 15) is 9.59 Å². The summed E-state index contributed by atoms with van der Waals surface area (Å²) in [6.07, 6.45) is 2.87. The van der Waals surface area contributed by atoms with E-state index >= 15 is 0 Å². The first-order chi connectivity index (χ1) is 15.0. The van der Waals surface area contributed by atoms with E-state index in [4.69, 9.17) is 0 Å². The van der Waals surface area contributed by atoms with Crippen LogP contribution in [0.5, 0.6) is 0 Å². The standard InChI is InChI=1S/C22H21N7O2/c1-15-12-20(27-29(15)19-6-4-3-5-7-19)22(31)26-18-10-8-17(9-11-18)25-21(30)16(2)28-14-23-13-24-28/h3-14,16H,1-2H3,(H,25,30)(H,26,31). The third-order valence-corrected chi connectivity index (χ3v) is 4.74. The molecule has 4 rings (SSSR count). The van der Waals surface area contributed by atoms with E-state index in [-0.39, 0.29) is 11.8 Å². The highest BCUT2D eigenvalue weighted by Gasteiger charge is 2.16. The molecule has 31 heavy (non-hydrogen) atoms. The molecule has 0 radical (unpaired) electrons. The molecule has 2 aromatic carbocycles. The molecule has 9 nitrogen and oxygen atoms in total. The number of carbonyl (C=O) groups excluding carboxylic acids is 2. The highest BCUT2D eigenvalue weighted by Crippen LogP contribution is 2.17. The van der Waals surface area contributed by atoms with Crippen molar-refractivity contribution in [3.05, 3.63) is 84.7 Å². The molecule has 0 saturated heterocycles. The van der Waals surface area contributed by atoms with E-state index < -0.39 is 6.04 Å². The van der Waals surface area contributed by atoms with Crippen LogP contribution in [0, 0.1) is 6.92 Å². The normalized spacial score (nSPS) is 11.7. The monoisotopic (exact) mass is 415 g/mol. The summed E-state index contributed by atoms with van der Waals surface area (Å²) in [6, 6.07) is 17.7. The highest BCUT2D eigenvalue weighted by molar-refractivity contribution is 6.03. The summed E-state index contributed by atoms with van der Waals surface area (Å²) in [5.41, 5.74) is 3.27. The van der Waals surface area contributed by atoms with Gasteiger partial charge in [0.05, 0.1) is 5.69 Å². The molecule has 4 aromatic rings. The van der Waals surface area contributed by atoms with Crippen molar-refractivity contribution in [1.29, 1.82) is 0 Å². The third-order valence-electron chi connectivity index (χ3n) is 4.74. The molecular formula is C22H21N7O2. The second kappa shape index (κ2) is 8.62. The van der Waals surface area contributed by atoms with Crippen LogP contribution in [0.25, 0.3) is 5.69 Å². The lowest BCUT2D eigenvalue weighted by Crippen LogP contribution is -2.24. The minimum atomic E-state index is -0.496. The van der Waals surface area contributed by atoms with Gasteiger partial charge < -0.3 is 10.6 Å². The number of benzene rings is 2. The zero-order chi connectivity index (χ0) is 21.8. The Hall–Kier alpha value is -4.27. The van der Waals surface area contributed by atoms with Crippen molar-refractivity contribution in [3.8, 4) is 5.69 Å².